The smallest absolute Gasteiger partial charge is 0.264 e. The highest BCUT2D eigenvalue weighted by Crippen LogP contribution is 2.25. The number of methoxy groups -OCH3 is 2. The van der Waals surface area contributed by atoms with Crippen molar-refractivity contribution in [3.8, 4) is 22.8 Å². The minimum atomic E-state index is -0.288. The monoisotopic (exact) mass is 377 g/mol. The van der Waals surface area contributed by atoms with Gasteiger partial charge in [0.2, 0.25) is 5.91 Å². The van der Waals surface area contributed by atoms with Crippen molar-refractivity contribution in [1.82, 2.24) is 10.2 Å². The zero-order valence-corrected chi connectivity index (χ0v) is 15.4. The molecule has 0 saturated carbocycles. The summed E-state index contributed by atoms with van der Waals surface area (Å²) in [6.07, 6.45) is 3.09. The summed E-state index contributed by atoms with van der Waals surface area (Å²) in [5.41, 5.74) is 2.47. The quantitative estimate of drug-likeness (QED) is 0.644. The van der Waals surface area contributed by atoms with Crippen molar-refractivity contribution >= 4 is 17.7 Å². The Labute approximate surface area is 161 Å². The van der Waals surface area contributed by atoms with Gasteiger partial charge in [0.25, 0.3) is 5.56 Å². The highest BCUT2D eigenvalue weighted by atomic mass is 16.5. The third-order valence-electron chi connectivity index (χ3n) is 3.96. The van der Waals surface area contributed by atoms with Crippen LogP contribution in [0.5, 0.6) is 11.5 Å². The van der Waals surface area contributed by atoms with Gasteiger partial charge >= 0.3 is 0 Å². The molecule has 1 amide bonds. The SMILES string of the molecule is COc1ccc(/C=C/C(=O)Nc2cccc(-c3ccc(=O)[nH]n3)c2)c(OC)c1. The molecule has 0 aliphatic heterocycles. The molecular weight excluding hydrogens is 358 g/mol. The molecule has 1 aromatic heterocycles. The fourth-order valence-corrected chi connectivity index (χ4v) is 2.57. The predicted molar refractivity (Wildman–Crippen MR) is 108 cm³/mol. The fourth-order valence-electron chi connectivity index (χ4n) is 2.57. The van der Waals surface area contributed by atoms with E-state index in [-0.39, 0.29) is 11.5 Å². The second-order valence-electron chi connectivity index (χ2n) is 5.82. The van der Waals surface area contributed by atoms with E-state index in [1.807, 2.05) is 12.1 Å². The van der Waals surface area contributed by atoms with E-state index in [1.54, 1.807) is 56.7 Å². The van der Waals surface area contributed by atoms with Crippen LogP contribution in [0.2, 0.25) is 0 Å². The van der Waals surface area contributed by atoms with Crippen molar-refractivity contribution < 1.29 is 14.3 Å². The molecule has 7 heteroatoms. The first-order valence-corrected chi connectivity index (χ1v) is 8.46. The number of carbonyl (C=O) groups excluding carboxylic acids is 1. The summed E-state index contributed by atoms with van der Waals surface area (Å²) in [5, 5.41) is 9.18. The summed E-state index contributed by atoms with van der Waals surface area (Å²) in [6.45, 7) is 0. The molecule has 0 unspecified atom stereocenters. The minimum Gasteiger partial charge on any atom is -0.497 e. The fraction of sp³-hybridized carbons (Fsp3) is 0.0952. The van der Waals surface area contributed by atoms with Gasteiger partial charge in [-0.2, -0.15) is 5.10 Å². The number of aromatic nitrogens is 2. The number of aromatic amines is 1. The average Bonchev–Trinajstić information content (AvgIpc) is 2.72. The van der Waals surface area contributed by atoms with Gasteiger partial charge in [0, 0.05) is 35.0 Å². The van der Waals surface area contributed by atoms with Crippen LogP contribution in [0, 0.1) is 0 Å². The topological polar surface area (TPSA) is 93.3 Å². The maximum absolute atomic E-state index is 12.3. The molecule has 2 N–H and O–H groups in total. The maximum Gasteiger partial charge on any atom is 0.264 e. The molecule has 1 heterocycles. The Bertz CT molecular complexity index is 1050. The number of benzene rings is 2. The summed E-state index contributed by atoms with van der Waals surface area (Å²) in [6, 6.07) is 15.6. The van der Waals surface area contributed by atoms with Crippen LogP contribution in [0.3, 0.4) is 0 Å². The number of carbonyl (C=O) groups is 1. The summed E-state index contributed by atoms with van der Waals surface area (Å²) in [4.78, 5) is 23.4. The van der Waals surface area contributed by atoms with Gasteiger partial charge in [-0.1, -0.05) is 12.1 Å². The summed E-state index contributed by atoms with van der Waals surface area (Å²) in [7, 11) is 3.14. The Morgan fingerprint density at radius 2 is 1.93 bits per heavy atom. The molecule has 0 fully saturated rings. The molecule has 2 aromatic carbocycles. The first-order chi connectivity index (χ1) is 13.6. The van der Waals surface area contributed by atoms with Crippen LogP contribution in [0.25, 0.3) is 17.3 Å². The van der Waals surface area contributed by atoms with Crippen molar-refractivity contribution in [1.29, 1.82) is 0 Å². The first-order valence-electron chi connectivity index (χ1n) is 8.46. The van der Waals surface area contributed by atoms with E-state index < -0.39 is 0 Å². The molecule has 0 radical (unpaired) electrons. The zero-order chi connectivity index (χ0) is 19.9. The van der Waals surface area contributed by atoms with Gasteiger partial charge in [-0.25, -0.2) is 5.10 Å². The van der Waals surface area contributed by atoms with E-state index in [2.05, 4.69) is 15.5 Å². The third-order valence-corrected chi connectivity index (χ3v) is 3.96. The number of amides is 1. The van der Waals surface area contributed by atoms with Crippen LogP contribution in [0.4, 0.5) is 5.69 Å². The summed E-state index contributed by atoms with van der Waals surface area (Å²) < 4.78 is 10.5. The molecule has 0 saturated heterocycles. The Kier molecular flexibility index (Phi) is 5.86. The molecule has 3 rings (SSSR count). The number of rotatable bonds is 6. The minimum absolute atomic E-state index is 0.271. The lowest BCUT2D eigenvalue weighted by molar-refractivity contribution is -0.111. The van der Waals surface area contributed by atoms with Gasteiger partial charge in [0.1, 0.15) is 11.5 Å². The Balaban J connectivity index is 1.73. The van der Waals surface area contributed by atoms with Gasteiger partial charge in [-0.15, -0.1) is 0 Å². The summed E-state index contributed by atoms with van der Waals surface area (Å²) >= 11 is 0. The number of ether oxygens (including phenoxy) is 2. The van der Waals surface area contributed by atoms with Crippen molar-refractivity contribution in [2.24, 2.45) is 0 Å². The largest absolute Gasteiger partial charge is 0.497 e. The average molecular weight is 377 g/mol. The maximum atomic E-state index is 12.3. The second kappa shape index (κ2) is 8.68. The van der Waals surface area contributed by atoms with E-state index in [4.69, 9.17) is 9.47 Å². The molecule has 0 atom stereocenters. The van der Waals surface area contributed by atoms with Crippen LogP contribution in [0.1, 0.15) is 5.56 Å². The molecule has 28 heavy (non-hydrogen) atoms. The van der Waals surface area contributed by atoms with Crippen molar-refractivity contribution in [3.63, 3.8) is 0 Å². The van der Waals surface area contributed by atoms with Gasteiger partial charge in [0.15, 0.2) is 0 Å². The van der Waals surface area contributed by atoms with Crippen LogP contribution in [0.15, 0.2) is 65.5 Å². The molecule has 0 bridgehead atoms. The third kappa shape index (κ3) is 4.64. The lowest BCUT2D eigenvalue weighted by Crippen LogP contribution is -2.08. The lowest BCUT2D eigenvalue weighted by Gasteiger charge is -2.07. The highest BCUT2D eigenvalue weighted by molar-refractivity contribution is 6.02. The Hall–Kier alpha value is -3.87. The van der Waals surface area contributed by atoms with E-state index in [0.29, 0.717) is 22.9 Å². The molecule has 0 aliphatic carbocycles. The lowest BCUT2D eigenvalue weighted by atomic mass is 10.1. The van der Waals surface area contributed by atoms with Crippen LogP contribution in [-0.4, -0.2) is 30.3 Å². The highest BCUT2D eigenvalue weighted by Gasteiger charge is 2.05. The molecule has 0 aliphatic rings. The molecule has 7 nitrogen and oxygen atoms in total. The molecule has 3 aromatic rings. The Morgan fingerprint density at radius 1 is 1.07 bits per heavy atom. The van der Waals surface area contributed by atoms with E-state index in [9.17, 15) is 9.59 Å². The zero-order valence-electron chi connectivity index (χ0n) is 15.4. The summed E-state index contributed by atoms with van der Waals surface area (Å²) in [5.74, 6) is 0.991. The van der Waals surface area contributed by atoms with Crippen molar-refractivity contribution in [2.45, 2.75) is 0 Å². The van der Waals surface area contributed by atoms with Crippen LogP contribution >= 0.6 is 0 Å². The van der Waals surface area contributed by atoms with Crippen LogP contribution in [-0.2, 0) is 4.79 Å². The van der Waals surface area contributed by atoms with Crippen molar-refractivity contribution in [2.75, 3.05) is 19.5 Å². The number of H-pyrrole nitrogens is 1. The molecular formula is C21H19N3O4. The number of hydrogen-bond acceptors (Lipinski definition) is 5. The van der Waals surface area contributed by atoms with Crippen molar-refractivity contribution in [3.05, 3.63) is 76.6 Å². The number of hydrogen-bond donors (Lipinski definition) is 2. The molecule has 0 spiro atoms. The number of anilines is 1. The van der Waals surface area contributed by atoms with E-state index in [0.717, 1.165) is 11.1 Å². The standard InChI is InChI=1S/C21H19N3O4/c1-27-17-8-6-14(19(13-17)28-2)7-10-20(25)22-16-5-3-4-15(12-16)18-9-11-21(26)24-23-18/h3-13H,1-2H3,(H,22,25)(H,24,26)/b10-7+. The normalized spacial score (nSPS) is 10.6. The first kappa shape index (κ1) is 18.9. The Morgan fingerprint density at radius 3 is 2.64 bits per heavy atom. The van der Waals surface area contributed by atoms with E-state index >= 15 is 0 Å². The predicted octanol–water partition coefficient (Wildman–Crippen LogP) is 3.11. The van der Waals surface area contributed by atoms with Gasteiger partial charge in [0.05, 0.1) is 19.9 Å². The van der Waals surface area contributed by atoms with Gasteiger partial charge < -0.3 is 14.8 Å². The van der Waals surface area contributed by atoms with Crippen LogP contribution < -0.4 is 20.3 Å². The second-order valence-corrected chi connectivity index (χ2v) is 5.82. The van der Waals surface area contributed by atoms with Gasteiger partial charge in [-0.3, -0.25) is 9.59 Å². The van der Waals surface area contributed by atoms with E-state index in [1.165, 1.54) is 12.1 Å². The number of nitrogens with zero attached hydrogens (tertiary/aromatic N) is 1. The number of nitrogens with one attached hydrogen (secondary N) is 2. The van der Waals surface area contributed by atoms with Gasteiger partial charge in [-0.05, 0) is 36.4 Å². The molecule has 142 valence electrons.